The summed E-state index contributed by atoms with van der Waals surface area (Å²) in [5, 5.41) is 11.3. The van der Waals surface area contributed by atoms with E-state index in [0.29, 0.717) is 25.9 Å². The maximum atomic E-state index is 12.7. The summed E-state index contributed by atoms with van der Waals surface area (Å²) >= 11 is 0. The molecule has 2 amide bonds. The number of hydrogen-bond acceptors (Lipinski definition) is 4. The molecule has 0 radical (unpaired) electrons. The molecule has 2 atom stereocenters. The Morgan fingerprint density at radius 2 is 1.91 bits per heavy atom. The summed E-state index contributed by atoms with van der Waals surface area (Å²) in [6.45, 7) is 2.38. The van der Waals surface area contributed by atoms with E-state index in [-0.39, 0.29) is 11.9 Å². The summed E-state index contributed by atoms with van der Waals surface area (Å²) in [7, 11) is 0. The van der Waals surface area contributed by atoms with E-state index in [0.717, 1.165) is 40.8 Å². The van der Waals surface area contributed by atoms with Gasteiger partial charge in [-0.15, -0.1) is 0 Å². The number of aliphatic carboxylic acids is 1. The van der Waals surface area contributed by atoms with Crippen LogP contribution in [0.5, 0.6) is 5.75 Å². The van der Waals surface area contributed by atoms with Crippen LogP contribution >= 0.6 is 0 Å². The number of carbonyl (C=O) groups excluding carboxylic acids is 2. The number of fused-ring (bicyclic) bond motifs is 3. The van der Waals surface area contributed by atoms with Gasteiger partial charge in [0.2, 0.25) is 11.8 Å². The van der Waals surface area contributed by atoms with Crippen LogP contribution in [0.3, 0.4) is 0 Å². The van der Waals surface area contributed by atoms with Gasteiger partial charge >= 0.3 is 5.97 Å². The van der Waals surface area contributed by atoms with E-state index in [1.807, 2.05) is 24.3 Å². The molecule has 32 heavy (non-hydrogen) atoms. The highest BCUT2D eigenvalue weighted by Crippen LogP contribution is 2.42. The molecule has 4 rings (SSSR count). The second-order valence-electron chi connectivity index (χ2n) is 8.33. The lowest BCUT2D eigenvalue weighted by Crippen LogP contribution is -2.52. The van der Waals surface area contributed by atoms with Crippen LogP contribution in [0.15, 0.2) is 42.5 Å². The Morgan fingerprint density at radius 1 is 1.16 bits per heavy atom. The molecule has 2 N–H and O–H groups in total. The molecule has 0 saturated carbocycles. The van der Waals surface area contributed by atoms with Gasteiger partial charge in [0.15, 0.2) is 0 Å². The van der Waals surface area contributed by atoms with Crippen molar-refractivity contribution in [1.29, 1.82) is 0 Å². The van der Waals surface area contributed by atoms with Gasteiger partial charge < -0.3 is 20.1 Å². The van der Waals surface area contributed by atoms with Crippen molar-refractivity contribution in [2.75, 3.05) is 13.2 Å². The van der Waals surface area contributed by atoms with Gasteiger partial charge in [-0.25, -0.2) is 0 Å². The number of ether oxygens (including phenoxy) is 1. The van der Waals surface area contributed by atoms with Gasteiger partial charge in [0.1, 0.15) is 18.3 Å². The fourth-order valence-corrected chi connectivity index (χ4v) is 4.57. The van der Waals surface area contributed by atoms with Gasteiger partial charge in [0.25, 0.3) is 0 Å². The van der Waals surface area contributed by atoms with Crippen molar-refractivity contribution in [2.45, 2.75) is 51.1 Å². The maximum Gasteiger partial charge on any atom is 0.322 e. The van der Waals surface area contributed by atoms with Crippen LogP contribution in [0.2, 0.25) is 0 Å². The zero-order valence-corrected chi connectivity index (χ0v) is 18.2. The minimum Gasteiger partial charge on any atom is -0.494 e. The molecule has 7 nitrogen and oxygen atoms in total. The summed E-state index contributed by atoms with van der Waals surface area (Å²) in [6.07, 6.45) is 3.54. The molecule has 0 bridgehead atoms. The second-order valence-corrected chi connectivity index (χ2v) is 8.33. The molecule has 2 aromatic carbocycles. The SMILES string of the molecule is CCCCOc1ccc(-c2ccc3c(c2)C[C@@H](C(=O)NCC(=O)O)N2C(=O)CC[C@H]32)cc1. The predicted molar refractivity (Wildman–Crippen MR) is 119 cm³/mol. The third kappa shape index (κ3) is 4.47. The number of nitrogens with zero attached hydrogens (tertiary/aromatic N) is 1. The first-order valence-corrected chi connectivity index (χ1v) is 11.1. The summed E-state index contributed by atoms with van der Waals surface area (Å²) in [4.78, 5) is 37.7. The van der Waals surface area contributed by atoms with Crippen LogP contribution in [-0.2, 0) is 20.8 Å². The lowest BCUT2D eigenvalue weighted by molar-refractivity contribution is -0.142. The average molecular weight is 437 g/mol. The van der Waals surface area contributed by atoms with Gasteiger partial charge in [-0.3, -0.25) is 14.4 Å². The van der Waals surface area contributed by atoms with Gasteiger partial charge in [-0.1, -0.05) is 43.7 Å². The standard InChI is InChI=1S/C25H28N2O5/c1-2-3-12-32-19-7-4-16(5-8-19)17-6-9-20-18(13-17)14-22(25(31)26-15-24(29)30)27-21(20)10-11-23(27)28/h4-9,13,21-22H,2-3,10-12,14-15H2,1H3,(H,26,31)(H,29,30)/t21-,22+/m1/s1. The number of unbranched alkanes of at least 4 members (excludes halogenated alkanes) is 1. The van der Waals surface area contributed by atoms with Crippen LogP contribution in [0.25, 0.3) is 11.1 Å². The number of carboxylic acid groups (broad SMARTS) is 1. The molecule has 2 aromatic rings. The van der Waals surface area contributed by atoms with Crippen molar-refractivity contribution in [3.8, 4) is 16.9 Å². The van der Waals surface area contributed by atoms with Gasteiger partial charge in [0, 0.05) is 12.8 Å². The van der Waals surface area contributed by atoms with E-state index in [4.69, 9.17) is 9.84 Å². The average Bonchev–Trinajstić information content (AvgIpc) is 3.19. The van der Waals surface area contributed by atoms with Crippen LogP contribution in [0.1, 0.15) is 49.8 Å². The van der Waals surface area contributed by atoms with Crippen molar-refractivity contribution < 1.29 is 24.2 Å². The molecule has 7 heteroatoms. The first kappa shape index (κ1) is 21.9. The Bertz CT molecular complexity index is 1020. The number of hydrogen-bond donors (Lipinski definition) is 2. The Labute approximate surface area is 187 Å². The summed E-state index contributed by atoms with van der Waals surface area (Å²) in [5.74, 6) is -0.741. The highest BCUT2D eigenvalue weighted by molar-refractivity contribution is 5.91. The molecule has 2 aliphatic rings. The largest absolute Gasteiger partial charge is 0.494 e. The molecular formula is C25H28N2O5. The Balaban J connectivity index is 1.57. The molecule has 1 saturated heterocycles. The van der Waals surface area contributed by atoms with Crippen LogP contribution in [0.4, 0.5) is 0 Å². The highest BCUT2D eigenvalue weighted by atomic mass is 16.5. The summed E-state index contributed by atoms with van der Waals surface area (Å²) < 4.78 is 5.74. The van der Waals surface area contributed by atoms with Gasteiger partial charge in [-0.05, 0) is 47.2 Å². The number of carboxylic acids is 1. The second kappa shape index (κ2) is 9.42. The van der Waals surface area contributed by atoms with E-state index in [1.54, 1.807) is 4.90 Å². The van der Waals surface area contributed by atoms with E-state index < -0.39 is 24.5 Å². The number of carbonyl (C=O) groups is 3. The van der Waals surface area contributed by atoms with Crippen molar-refractivity contribution >= 4 is 17.8 Å². The molecule has 2 heterocycles. The molecule has 0 aliphatic carbocycles. The summed E-state index contributed by atoms with van der Waals surface area (Å²) in [5.41, 5.74) is 4.18. The number of benzene rings is 2. The fourth-order valence-electron chi connectivity index (χ4n) is 4.57. The van der Waals surface area contributed by atoms with Gasteiger partial charge in [-0.2, -0.15) is 0 Å². The molecule has 0 aromatic heterocycles. The zero-order chi connectivity index (χ0) is 22.7. The minimum atomic E-state index is -1.11. The van der Waals surface area contributed by atoms with E-state index >= 15 is 0 Å². The first-order chi connectivity index (χ1) is 15.5. The van der Waals surface area contributed by atoms with Crippen molar-refractivity contribution in [3.05, 3.63) is 53.6 Å². The lowest BCUT2D eigenvalue weighted by atomic mass is 9.86. The third-order valence-electron chi connectivity index (χ3n) is 6.18. The van der Waals surface area contributed by atoms with Crippen LogP contribution in [0, 0.1) is 0 Å². The molecule has 168 valence electrons. The molecule has 0 spiro atoms. The number of amides is 2. The normalized spacial score (nSPS) is 19.3. The topological polar surface area (TPSA) is 95.9 Å². The molecular weight excluding hydrogens is 408 g/mol. The number of nitrogens with one attached hydrogen (secondary N) is 1. The van der Waals surface area contributed by atoms with E-state index in [1.165, 1.54) is 0 Å². The Kier molecular flexibility index (Phi) is 6.44. The van der Waals surface area contributed by atoms with Gasteiger partial charge in [0.05, 0.1) is 12.6 Å². The predicted octanol–water partition coefficient (Wildman–Crippen LogP) is 3.32. The highest BCUT2D eigenvalue weighted by Gasteiger charge is 2.44. The van der Waals surface area contributed by atoms with Crippen molar-refractivity contribution in [1.82, 2.24) is 10.2 Å². The van der Waals surface area contributed by atoms with Crippen molar-refractivity contribution in [2.24, 2.45) is 0 Å². The molecule has 2 aliphatic heterocycles. The fraction of sp³-hybridized carbons (Fsp3) is 0.400. The first-order valence-electron chi connectivity index (χ1n) is 11.1. The quantitative estimate of drug-likeness (QED) is 0.619. The Morgan fingerprint density at radius 3 is 2.62 bits per heavy atom. The number of rotatable bonds is 8. The van der Waals surface area contributed by atoms with Crippen LogP contribution < -0.4 is 10.1 Å². The van der Waals surface area contributed by atoms with E-state index in [9.17, 15) is 14.4 Å². The van der Waals surface area contributed by atoms with E-state index in [2.05, 4.69) is 30.4 Å². The zero-order valence-electron chi connectivity index (χ0n) is 18.2. The Hall–Kier alpha value is -3.35. The maximum absolute atomic E-state index is 12.7. The van der Waals surface area contributed by atoms with Crippen LogP contribution in [-0.4, -0.2) is 47.0 Å². The summed E-state index contributed by atoms with van der Waals surface area (Å²) in [6, 6.07) is 13.3. The molecule has 1 fully saturated rings. The lowest BCUT2D eigenvalue weighted by Gasteiger charge is -2.38. The smallest absolute Gasteiger partial charge is 0.322 e. The minimum absolute atomic E-state index is 0.0566. The van der Waals surface area contributed by atoms with Crippen molar-refractivity contribution in [3.63, 3.8) is 0 Å². The molecule has 0 unspecified atom stereocenters. The monoisotopic (exact) mass is 436 g/mol. The third-order valence-corrected chi connectivity index (χ3v) is 6.18.